The lowest BCUT2D eigenvalue weighted by molar-refractivity contribution is -0.149. The highest BCUT2D eigenvalue weighted by molar-refractivity contribution is 7.91. The van der Waals surface area contributed by atoms with Crippen molar-refractivity contribution in [2.45, 2.75) is 26.3 Å². The van der Waals surface area contributed by atoms with Crippen LogP contribution in [0.4, 0.5) is 0 Å². The molecule has 1 rings (SSSR count). The highest BCUT2D eigenvalue weighted by atomic mass is 32.2. The molecule has 0 spiro atoms. The van der Waals surface area contributed by atoms with Gasteiger partial charge >= 0.3 is 5.97 Å². The van der Waals surface area contributed by atoms with Crippen molar-refractivity contribution in [3.8, 4) is 0 Å². The van der Waals surface area contributed by atoms with Gasteiger partial charge in [-0.15, -0.1) is 0 Å². The zero-order valence-corrected chi connectivity index (χ0v) is 11.7. The average molecular weight is 277 g/mol. The van der Waals surface area contributed by atoms with Crippen LogP contribution in [-0.2, 0) is 24.2 Å². The SMILES string of the molecule is COC(=O)CN(C(=O)C(C)C)[C@H]1CCS(=O)(=O)C1. The Morgan fingerprint density at radius 1 is 1.39 bits per heavy atom. The van der Waals surface area contributed by atoms with Gasteiger partial charge in [0.25, 0.3) is 0 Å². The smallest absolute Gasteiger partial charge is 0.325 e. The highest BCUT2D eigenvalue weighted by Crippen LogP contribution is 2.19. The molecule has 1 aliphatic rings. The molecule has 0 aromatic heterocycles. The summed E-state index contributed by atoms with van der Waals surface area (Å²) in [5, 5.41) is 0. The Morgan fingerprint density at radius 3 is 2.39 bits per heavy atom. The van der Waals surface area contributed by atoms with Crippen molar-refractivity contribution in [1.82, 2.24) is 4.90 Å². The van der Waals surface area contributed by atoms with E-state index < -0.39 is 21.8 Å². The third kappa shape index (κ3) is 3.69. The first kappa shape index (κ1) is 14.9. The van der Waals surface area contributed by atoms with Crippen LogP contribution in [0.5, 0.6) is 0 Å². The minimum atomic E-state index is -3.09. The van der Waals surface area contributed by atoms with E-state index in [9.17, 15) is 18.0 Å². The molecular formula is C11H19NO5S. The minimum Gasteiger partial charge on any atom is -0.468 e. The quantitative estimate of drug-likeness (QED) is 0.667. The molecule has 0 unspecified atom stereocenters. The molecule has 0 aromatic rings. The van der Waals surface area contributed by atoms with E-state index >= 15 is 0 Å². The van der Waals surface area contributed by atoms with Gasteiger partial charge in [-0.2, -0.15) is 0 Å². The predicted molar refractivity (Wildman–Crippen MR) is 65.6 cm³/mol. The van der Waals surface area contributed by atoms with Crippen molar-refractivity contribution in [3.05, 3.63) is 0 Å². The van der Waals surface area contributed by atoms with Crippen molar-refractivity contribution < 1.29 is 22.7 Å². The lowest BCUT2D eigenvalue weighted by atomic mass is 10.1. The van der Waals surface area contributed by atoms with Gasteiger partial charge in [-0.05, 0) is 6.42 Å². The molecule has 1 saturated heterocycles. The molecule has 1 fully saturated rings. The van der Waals surface area contributed by atoms with Crippen LogP contribution in [0, 0.1) is 5.92 Å². The van der Waals surface area contributed by atoms with Crippen LogP contribution in [0.2, 0.25) is 0 Å². The second-order valence-corrected chi connectivity index (χ2v) is 6.98. The Hall–Kier alpha value is -1.11. The normalized spacial score (nSPS) is 21.9. The lowest BCUT2D eigenvalue weighted by Gasteiger charge is -2.28. The van der Waals surface area contributed by atoms with E-state index in [1.54, 1.807) is 13.8 Å². The van der Waals surface area contributed by atoms with Gasteiger partial charge in [-0.3, -0.25) is 9.59 Å². The van der Waals surface area contributed by atoms with Gasteiger partial charge < -0.3 is 9.64 Å². The van der Waals surface area contributed by atoms with E-state index in [2.05, 4.69) is 4.74 Å². The van der Waals surface area contributed by atoms with Gasteiger partial charge in [0.1, 0.15) is 6.54 Å². The molecule has 6 nitrogen and oxygen atoms in total. The standard InChI is InChI=1S/C11H19NO5S/c1-8(2)11(14)12(6-10(13)17-3)9-4-5-18(15,16)7-9/h8-9H,4-7H2,1-3H3/t9-/m0/s1. The summed E-state index contributed by atoms with van der Waals surface area (Å²) in [6.07, 6.45) is 0.387. The second kappa shape index (κ2) is 5.69. The zero-order chi connectivity index (χ0) is 13.9. The summed E-state index contributed by atoms with van der Waals surface area (Å²) >= 11 is 0. The number of amides is 1. The number of carbonyl (C=O) groups is 2. The molecule has 0 N–H and O–H groups in total. The van der Waals surface area contributed by atoms with Gasteiger partial charge in [-0.25, -0.2) is 8.42 Å². The molecule has 0 saturated carbocycles. The summed E-state index contributed by atoms with van der Waals surface area (Å²) in [4.78, 5) is 24.7. The molecular weight excluding hydrogens is 258 g/mol. The van der Waals surface area contributed by atoms with Crippen LogP contribution in [-0.4, -0.2) is 56.4 Å². The monoisotopic (exact) mass is 277 g/mol. The number of esters is 1. The van der Waals surface area contributed by atoms with E-state index in [0.29, 0.717) is 6.42 Å². The molecule has 7 heteroatoms. The Morgan fingerprint density at radius 2 is 2.00 bits per heavy atom. The number of ether oxygens (including phenoxy) is 1. The molecule has 1 aliphatic heterocycles. The van der Waals surface area contributed by atoms with Gasteiger partial charge in [0.05, 0.1) is 18.6 Å². The fourth-order valence-electron chi connectivity index (χ4n) is 1.94. The molecule has 1 atom stereocenters. The van der Waals surface area contributed by atoms with Crippen molar-refractivity contribution in [2.75, 3.05) is 25.2 Å². The van der Waals surface area contributed by atoms with E-state index in [-0.39, 0.29) is 29.9 Å². The van der Waals surface area contributed by atoms with Crippen LogP contribution < -0.4 is 0 Å². The second-order valence-electron chi connectivity index (χ2n) is 4.75. The summed E-state index contributed by atoms with van der Waals surface area (Å²) in [7, 11) is -1.85. The molecule has 0 bridgehead atoms. The number of carbonyl (C=O) groups excluding carboxylic acids is 2. The molecule has 1 heterocycles. The van der Waals surface area contributed by atoms with Crippen molar-refractivity contribution >= 4 is 21.7 Å². The summed E-state index contributed by atoms with van der Waals surface area (Å²) in [5.41, 5.74) is 0. The lowest BCUT2D eigenvalue weighted by Crippen LogP contribution is -2.46. The van der Waals surface area contributed by atoms with Crippen molar-refractivity contribution in [1.29, 1.82) is 0 Å². The first-order chi connectivity index (χ1) is 8.26. The van der Waals surface area contributed by atoms with Gasteiger partial charge in [0, 0.05) is 12.0 Å². The summed E-state index contributed by atoms with van der Waals surface area (Å²) in [5.74, 6) is -1.03. The minimum absolute atomic E-state index is 0.0670. The van der Waals surface area contributed by atoms with Gasteiger partial charge in [0.2, 0.25) is 5.91 Å². The Kier molecular flexibility index (Phi) is 4.72. The largest absolute Gasteiger partial charge is 0.468 e. The fraction of sp³-hybridized carbons (Fsp3) is 0.818. The van der Waals surface area contributed by atoms with Crippen LogP contribution in [0.15, 0.2) is 0 Å². The Labute approximate surface area is 107 Å². The number of hydrogen-bond acceptors (Lipinski definition) is 5. The number of hydrogen-bond donors (Lipinski definition) is 0. The molecule has 0 aromatic carbocycles. The summed E-state index contributed by atoms with van der Waals surface area (Å²) in [6.45, 7) is 3.25. The number of rotatable bonds is 4. The highest BCUT2D eigenvalue weighted by Gasteiger charge is 2.36. The average Bonchev–Trinajstić information content (AvgIpc) is 2.64. The van der Waals surface area contributed by atoms with Gasteiger partial charge in [-0.1, -0.05) is 13.8 Å². The third-order valence-electron chi connectivity index (χ3n) is 2.95. The van der Waals surface area contributed by atoms with Crippen LogP contribution >= 0.6 is 0 Å². The van der Waals surface area contributed by atoms with Crippen LogP contribution in [0.3, 0.4) is 0 Å². The van der Waals surface area contributed by atoms with E-state index in [1.807, 2.05) is 0 Å². The Balaban J connectivity index is 2.84. The molecule has 0 aliphatic carbocycles. The van der Waals surface area contributed by atoms with Crippen molar-refractivity contribution in [2.24, 2.45) is 5.92 Å². The molecule has 0 radical (unpaired) electrons. The first-order valence-corrected chi connectivity index (χ1v) is 7.66. The maximum Gasteiger partial charge on any atom is 0.325 e. The Bertz CT molecular complexity index is 429. The third-order valence-corrected chi connectivity index (χ3v) is 4.70. The fourth-order valence-corrected chi connectivity index (χ4v) is 3.67. The number of sulfone groups is 1. The summed E-state index contributed by atoms with van der Waals surface area (Å²) in [6, 6.07) is -0.413. The maximum absolute atomic E-state index is 12.0. The van der Waals surface area contributed by atoms with Crippen LogP contribution in [0.1, 0.15) is 20.3 Å². The van der Waals surface area contributed by atoms with E-state index in [4.69, 9.17) is 0 Å². The number of methoxy groups -OCH3 is 1. The van der Waals surface area contributed by atoms with E-state index in [0.717, 1.165) is 0 Å². The molecule has 18 heavy (non-hydrogen) atoms. The van der Waals surface area contributed by atoms with Crippen LogP contribution in [0.25, 0.3) is 0 Å². The van der Waals surface area contributed by atoms with Gasteiger partial charge in [0.15, 0.2) is 9.84 Å². The topological polar surface area (TPSA) is 80.8 Å². The first-order valence-electron chi connectivity index (χ1n) is 5.84. The predicted octanol–water partition coefficient (Wildman–Crippen LogP) is -0.169. The van der Waals surface area contributed by atoms with E-state index in [1.165, 1.54) is 12.0 Å². The summed E-state index contributed by atoms with van der Waals surface area (Å²) < 4.78 is 27.4. The zero-order valence-electron chi connectivity index (χ0n) is 10.9. The number of nitrogens with zero attached hydrogens (tertiary/aromatic N) is 1. The van der Waals surface area contributed by atoms with Crippen molar-refractivity contribution in [3.63, 3.8) is 0 Å². The molecule has 104 valence electrons. The maximum atomic E-state index is 12.0. The molecule has 1 amide bonds.